The van der Waals surface area contributed by atoms with Gasteiger partial charge in [-0.2, -0.15) is 0 Å². The highest BCUT2D eigenvalue weighted by molar-refractivity contribution is 6.01. The van der Waals surface area contributed by atoms with Crippen molar-refractivity contribution in [2.24, 2.45) is 5.41 Å². The highest BCUT2D eigenvalue weighted by Crippen LogP contribution is 2.34. The Balaban J connectivity index is 2.96. The molecule has 0 aromatic carbocycles. The maximum absolute atomic E-state index is 11.6. The van der Waals surface area contributed by atoms with Crippen LogP contribution < -0.4 is 0 Å². The molecular weight excluding hydrogens is 184 g/mol. The van der Waals surface area contributed by atoms with Crippen LogP contribution in [0, 0.1) is 5.41 Å². The van der Waals surface area contributed by atoms with Crippen LogP contribution in [0.4, 0.5) is 0 Å². The molecule has 1 fully saturated rings. The number of hydrogen-bond acceptors (Lipinski definition) is 4. The molecule has 0 aromatic heterocycles. The number of cyclic esters (lactones) is 2. The summed E-state index contributed by atoms with van der Waals surface area (Å²) in [6.45, 7) is 8.03. The van der Waals surface area contributed by atoms with E-state index < -0.39 is 23.1 Å². The van der Waals surface area contributed by atoms with Crippen LogP contribution in [0.5, 0.6) is 0 Å². The summed E-state index contributed by atoms with van der Waals surface area (Å²) in [5.41, 5.74) is -1.24. The van der Waals surface area contributed by atoms with Crippen molar-refractivity contribution in [2.45, 2.75) is 33.0 Å². The Kier molecular flexibility index (Phi) is 2.39. The lowest BCUT2D eigenvalue weighted by Gasteiger charge is -2.37. The van der Waals surface area contributed by atoms with Gasteiger partial charge >= 0.3 is 11.9 Å². The van der Waals surface area contributed by atoms with Crippen LogP contribution in [0.15, 0.2) is 12.7 Å². The summed E-state index contributed by atoms with van der Waals surface area (Å²) in [7, 11) is 0. The van der Waals surface area contributed by atoms with Gasteiger partial charge in [0.15, 0.2) is 5.41 Å². The first-order valence-corrected chi connectivity index (χ1v) is 4.39. The summed E-state index contributed by atoms with van der Waals surface area (Å²) in [6, 6.07) is 0. The van der Waals surface area contributed by atoms with Crippen molar-refractivity contribution in [2.75, 3.05) is 0 Å². The largest absolute Gasteiger partial charge is 0.422 e. The summed E-state index contributed by atoms with van der Waals surface area (Å²) < 4.78 is 9.96. The molecule has 1 aliphatic heterocycles. The molecule has 0 amide bonds. The lowest BCUT2D eigenvalue weighted by atomic mass is 9.86. The third-order valence-electron chi connectivity index (χ3n) is 2.13. The monoisotopic (exact) mass is 198 g/mol. The highest BCUT2D eigenvalue weighted by atomic mass is 16.7. The molecule has 4 heteroatoms. The molecule has 1 rings (SSSR count). The minimum absolute atomic E-state index is 0.223. The number of carbonyl (C=O) groups is 2. The molecule has 4 nitrogen and oxygen atoms in total. The Labute approximate surface area is 82.9 Å². The van der Waals surface area contributed by atoms with Crippen LogP contribution in [0.1, 0.15) is 27.2 Å². The van der Waals surface area contributed by atoms with Crippen LogP contribution in [0.2, 0.25) is 0 Å². The summed E-state index contributed by atoms with van der Waals surface area (Å²) >= 11 is 0. The van der Waals surface area contributed by atoms with Crippen molar-refractivity contribution < 1.29 is 19.1 Å². The van der Waals surface area contributed by atoms with E-state index in [2.05, 4.69) is 6.58 Å². The third kappa shape index (κ3) is 1.64. The molecule has 1 heterocycles. The molecular formula is C10H14O4. The predicted molar refractivity (Wildman–Crippen MR) is 49.2 cm³/mol. The lowest BCUT2D eigenvalue weighted by Crippen LogP contribution is -2.52. The number of rotatable bonds is 2. The van der Waals surface area contributed by atoms with E-state index in [1.54, 1.807) is 0 Å². The smallest absolute Gasteiger partial charge is 0.326 e. The Morgan fingerprint density at radius 3 is 2.00 bits per heavy atom. The van der Waals surface area contributed by atoms with Gasteiger partial charge in [0.1, 0.15) is 0 Å². The molecule has 0 radical (unpaired) electrons. The molecule has 0 unspecified atom stereocenters. The van der Waals surface area contributed by atoms with Crippen molar-refractivity contribution in [1.29, 1.82) is 0 Å². The summed E-state index contributed by atoms with van der Waals surface area (Å²) in [4.78, 5) is 23.1. The van der Waals surface area contributed by atoms with Crippen molar-refractivity contribution >= 4 is 11.9 Å². The zero-order chi connectivity index (χ0) is 11.0. The van der Waals surface area contributed by atoms with Crippen molar-refractivity contribution in [3.63, 3.8) is 0 Å². The van der Waals surface area contributed by atoms with E-state index in [1.807, 2.05) is 0 Å². The van der Waals surface area contributed by atoms with E-state index in [-0.39, 0.29) is 6.42 Å². The molecule has 0 spiro atoms. The summed E-state index contributed by atoms with van der Waals surface area (Å²) in [5, 5.41) is 0. The molecule has 0 atom stereocenters. The Morgan fingerprint density at radius 2 is 1.64 bits per heavy atom. The number of hydrogen-bond donors (Lipinski definition) is 0. The summed E-state index contributed by atoms with van der Waals surface area (Å²) in [5.74, 6) is -2.27. The average molecular weight is 198 g/mol. The molecule has 1 aliphatic rings. The van der Waals surface area contributed by atoms with Gasteiger partial charge in [0, 0.05) is 13.8 Å². The molecule has 0 bridgehead atoms. The van der Waals surface area contributed by atoms with Gasteiger partial charge in [-0.3, -0.25) is 9.59 Å². The first-order valence-electron chi connectivity index (χ1n) is 4.39. The minimum Gasteiger partial charge on any atom is -0.422 e. The normalized spacial score (nSPS) is 23.6. The average Bonchev–Trinajstić information content (AvgIpc) is 2.00. The molecule has 0 aliphatic carbocycles. The predicted octanol–water partition coefficient (Wildman–Crippen LogP) is 1.40. The molecule has 14 heavy (non-hydrogen) atoms. The van der Waals surface area contributed by atoms with Crippen LogP contribution in [0.3, 0.4) is 0 Å². The lowest BCUT2D eigenvalue weighted by molar-refractivity contribution is -0.249. The number of carbonyl (C=O) groups excluding carboxylic acids is 2. The van der Waals surface area contributed by atoms with E-state index in [1.165, 1.54) is 26.8 Å². The van der Waals surface area contributed by atoms with Gasteiger partial charge in [0.25, 0.3) is 5.79 Å². The maximum atomic E-state index is 11.6. The molecule has 0 N–H and O–H groups in total. The van der Waals surface area contributed by atoms with Gasteiger partial charge in [-0.05, 0) is 13.3 Å². The van der Waals surface area contributed by atoms with Crippen LogP contribution in [-0.4, -0.2) is 17.7 Å². The fourth-order valence-electron chi connectivity index (χ4n) is 1.23. The fourth-order valence-corrected chi connectivity index (χ4v) is 1.23. The van der Waals surface area contributed by atoms with Gasteiger partial charge in [0.05, 0.1) is 0 Å². The van der Waals surface area contributed by atoms with Gasteiger partial charge < -0.3 is 9.47 Å². The quantitative estimate of drug-likeness (QED) is 0.382. The van der Waals surface area contributed by atoms with Gasteiger partial charge in [-0.15, -0.1) is 6.58 Å². The number of esters is 2. The molecule has 78 valence electrons. The van der Waals surface area contributed by atoms with Crippen molar-refractivity contribution in [1.82, 2.24) is 0 Å². The Bertz CT molecular complexity index is 270. The first kappa shape index (κ1) is 10.8. The zero-order valence-corrected chi connectivity index (χ0v) is 8.62. The SMILES string of the molecule is C=CCC1(C)C(=O)OC(C)(C)OC1=O. The van der Waals surface area contributed by atoms with E-state index >= 15 is 0 Å². The number of allylic oxidation sites excluding steroid dienone is 1. The Hall–Kier alpha value is -1.32. The maximum Gasteiger partial charge on any atom is 0.326 e. The standard InChI is InChI=1S/C10H14O4/c1-5-6-10(4)7(11)13-9(2,3)14-8(10)12/h5H,1,6H2,2-4H3. The van der Waals surface area contributed by atoms with Gasteiger partial charge in [-0.25, -0.2) is 0 Å². The molecule has 0 saturated carbocycles. The summed E-state index contributed by atoms with van der Waals surface area (Å²) in [6.07, 6.45) is 1.72. The third-order valence-corrected chi connectivity index (χ3v) is 2.13. The minimum atomic E-state index is -1.24. The van der Waals surface area contributed by atoms with Crippen LogP contribution in [-0.2, 0) is 19.1 Å². The Morgan fingerprint density at radius 1 is 1.21 bits per heavy atom. The van der Waals surface area contributed by atoms with Gasteiger partial charge in [0.2, 0.25) is 0 Å². The topological polar surface area (TPSA) is 52.6 Å². The van der Waals surface area contributed by atoms with E-state index in [4.69, 9.17) is 9.47 Å². The highest BCUT2D eigenvalue weighted by Gasteiger charge is 2.51. The molecule has 1 saturated heterocycles. The van der Waals surface area contributed by atoms with E-state index in [9.17, 15) is 9.59 Å². The van der Waals surface area contributed by atoms with Gasteiger partial charge in [-0.1, -0.05) is 6.08 Å². The van der Waals surface area contributed by atoms with Crippen molar-refractivity contribution in [3.8, 4) is 0 Å². The second kappa shape index (κ2) is 3.12. The van der Waals surface area contributed by atoms with Crippen LogP contribution in [0.25, 0.3) is 0 Å². The zero-order valence-electron chi connectivity index (χ0n) is 8.62. The van der Waals surface area contributed by atoms with Crippen LogP contribution >= 0.6 is 0 Å². The van der Waals surface area contributed by atoms with E-state index in [0.29, 0.717) is 0 Å². The fraction of sp³-hybridized carbons (Fsp3) is 0.600. The molecule has 0 aromatic rings. The second-order valence-electron chi connectivity index (χ2n) is 4.00. The second-order valence-corrected chi connectivity index (χ2v) is 4.00. The van der Waals surface area contributed by atoms with Crippen molar-refractivity contribution in [3.05, 3.63) is 12.7 Å². The number of ether oxygens (including phenoxy) is 2. The van der Waals surface area contributed by atoms with E-state index in [0.717, 1.165) is 0 Å². The first-order chi connectivity index (χ1) is 6.32.